The zero-order valence-corrected chi connectivity index (χ0v) is 15.3. The van der Waals surface area contributed by atoms with Crippen molar-refractivity contribution < 1.29 is 22.7 Å². The largest absolute Gasteiger partial charge is 0.466 e. The summed E-state index contributed by atoms with van der Waals surface area (Å²) in [7, 11) is -2.42. The highest BCUT2D eigenvalue weighted by Crippen LogP contribution is 2.20. The molecule has 25 heavy (non-hydrogen) atoms. The van der Waals surface area contributed by atoms with Gasteiger partial charge in [-0.1, -0.05) is 0 Å². The number of rotatable bonds is 5. The molecule has 0 bridgehead atoms. The van der Waals surface area contributed by atoms with Gasteiger partial charge in [0.25, 0.3) is 0 Å². The molecule has 1 aromatic heterocycles. The van der Waals surface area contributed by atoms with E-state index >= 15 is 0 Å². The van der Waals surface area contributed by atoms with Gasteiger partial charge in [-0.25, -0.2) is 13.2 Å². The highest BCUT2D eigenvalue weighted by atomic mass is 32.2. The van der Waals surface area contributed by atoms with Crippen molar-refractivity contribution in [3.8, 4) is 0 Å². The molecule has 0 atom stereocenters. The second-order valence-electron chi connectivity index (χ2n) is 5.52. The number of carbonyl (C=O) groups excluding carboxylic acids is 2. The van der Waals surface area contributed by atoms with E-state index in [4.69, 9.17) is 0 Å². The van der Waals surface area contributed by atoms with Crippen molar-refractivity contribution in [2.24, 2.45) is 0 Å². The van der Waals surface area contributed by atoms with Crippen molar-refractivity contribution in [1.82, 2.24) is 19.0 Å². The molecule has 2 heterocycles. The molecular weight excluding hydrogens is 348 g/mol. The highest BCUT2D eigenvalue weighted by molar-refractivity contribution is 7.89. The van der Waals surface area contributed by atoms with Crippen molar-refractivity contribution in [3.63, 3.8) is 0 Å². The van der Waals surface area contributed by atoms with Crippen molar-refractivity contribution >= 4 is 21.9 Å². The molecule has 0 N–H and O–H groups in total. The number of piperazine rings is 1. The first kappa shape index (κ1) is 19.1. The van der Waals surface area contributed by atoms with Crippen LogP contribution >= 0.6 is 0 Å². The minimum atomic E-state index is -3.64. The molecule has 1 aromatic rings. The molecule has 0 spiro atoms. The number of carbonyl (C=O) groups is 2. The second-order valence-corrected chi connectivity index (χ2v) is 7.43. The van der Waals surface area contributed by atoms with Crippen molar-refractivity contribution in [2.75, 3.05) is 33.3 Å². The van der Waals surface area contributed by atoms with Gasteiger partial charge in [-0.2, -0.15) is 9.40 Å². The monoisotopic (exact) mass is 370 g/mol. The Kier molecular flexibility index (Phi) is 5.96. The van der Waals surface area contributed by atoms with Crippen LogP contribution in [-0.4, -0.2) is 72.6 Å². The lowest BCUT2D eigenvalue weighted by molar-refractivity contribution is -0.135. The molecule has 1 saturated heterocycles. The first-order valence-electron chi connectivity index (χ1n) is 7.88. The molecule has 2 rings (SSSR count). The minimum absolute atomic E-state index is 0.191. The molecule has 1 aliphatic heterocycles. The van der Waals surface area contributed by atoms with Crippen LogP contribution < -0.4 is 0 Å². The maximum Gasteiger partial charge on any atom is 0.330 e. The van der Waals surface area contributed by atoms with Crippen LogP contribution in [0.2, 0.25) is 0 Å². The van der Waals surface area contributed by atoms with Gasteiger partial charge in [-0.15, -0.1) is 0 Å². The second kappa shape index (κ2) is 7.79. The molecule has 0 radical (unpaired) electrons. The molecule has 10 heteroatoms. The first-order valence-corrected chi connectivity index (χ1v) is 9.32. The predicted octanol–water partition coefficient (Wildman–Crippen LogP) is -0.226. The van der Waals surface area contributed by atoms with E-state index in [0.717, 1.165) is 12.2 Å². The summed E-state index contributed by atoms with van der Waals surface area (Å²) >= 11 is 0. The van der Waals surface area contributed by atoms with E-state index in [2.05, 4.69) is 9.84 Å². The van der Waals surface area contributed by atoms with Gasteiger partial charge in [0.15, 0.2) is 0 Å². The van der Waals surface area contributed by atoms with Crippen LogP contribution in [0.4, 0.5) is 0 Å². The standard InChI is InChI=1S/C15H22N4O5S/c1-4-18-11-13(12(2)16-18)25(22,23)19-9-7-17(8-10-19)14(20)5-6-15(21)24-3/h5-6,11H,4,7-10H2,1-3H3/b6-5+. The quantitative estimate of drug-likeness (QED) is 0.524. The Morgan fingerprint density at radius 3 is 2.40 bits per heavy atom. The summed E-state index contributed by atoms with van der Waals surface area (Å²) in [5.41, 5.74) is 0.460. The number of methoxy groups -OCH3 is 1. The number of aromatic nitrogens is 2. The van der Waals surface area contributed by atoms with Gasteiger partial charge < -0.3 is 9.64 Å². The van der Waals surface area contributed by atoms with E-state index in [1.54, 1.807) is 11.6 Å². The molecule has 1 fully saturated rings. The summed E-state index contributed by atoms with van der Waals surface area (Å²) in [6.07, 6.45) is 3.71. The highest BCUT2D eigenvalue weighted by Gasteiger charge is 2.31. The average Bonchev–Trinajstić information content (AvgIpc) is 3.01. The number of aryl methyl sites for hydroxylation is 2. The lowest BCUT2D eigenvalue weighted by atomic mass is 10.3. The normalized spacial score (nSPS) is 16.4. The Bertz CT molecular complexity index is 776. The van der Waals surface area contributed by atoms with Crippen LogP contribution in [0.3, 0.4) is 0 Å². The molecule has 138 valence electrons. The van der Waals surface area contributed by atoms with E-state index in [-0.39, 0.29) is 37.0 Å². The number of ether oxygens (including phenoxy) is 1. The zero-order valence-electron chi connectivity index (χ0n) is 14.5. The Balaban J connectivity index is 2.03. The molecule has 0 unspecified atom stereocenters. The Morgan fingerprint density at radius 2 is 1.88 bits per heavy atom. The van der Waals surface area contributed by atoms with Gasteiger partial charge in [-0.05, 0) is 13.8 Å². The molecule has 0 aromatic carbocycles. The summed E-state index contributed by atoms with van der Waals surface area (Å²) in [6, 6.07) is 0. The van der Waals surface area contributed by atoms with Crippen LogP contribution in [0, 0.1) is 6.92 Å². The first-order chi connectivity index (χ1) is 11.8. The summed E-state index contributed by atoms with van der Waals surface area (Å²) in [5.74, 6) is -0.963. The summed E-state index contributed by atoms with van der Waals surface area (Å²) in [6.45, 7) is 5.03. The van der Waals surface area contributed by atoms with Gasteiger partial charge in [0, 0.05) is 51.1 Å². The number of esters is 1. The van der Waals surface area contributed by atoms with E-state index in [1.165, 1.54) is 22.5 Å². The molecule has 1 aliphatic rings. The lowest BCUT2D eigenvalue weighted by Crippen LogP contribution is -2.50. The van der Waals surface area contributed by atoms with E-state index in [0.29, 0.717) is 12.2 Å². The lowest BCUT2D eigenvalue weighted by Gasteiger charge is -2.33. The van der Waals surface area contributed by atoms with Crippen molar-refractivity contribution in [2.45, 2.75) is 25.3 Å². The zero-order chi connectivity index (χ0) is 18.6. The van der Waals surface area contributed by atoms with Crippen LogP contribution in [0.5, 0.6) is 0 Å². The number of nitrogens with zero attached hydrogens (tertiary/aromatic N) is 4. The van der Waals surface area contributed by atoms with Crippen molar-refractivity contribution in [3.05, 3.63) is 24.0 Å². The maximum absolute atomic E-state index is 12.8. The number of hydrogen-bond acceptors (Lipinski definition) is 6. The number of hydrogen-bond donors (Lipinski definition) is 0. The third kappa shape index (κ3) is 4.26. The van der Waals surface area contributed by atoms with E-state index in [1.807, 2.05) is 6.92 Å². The summed E-state index contributed by atoms with van der Waals surface area (Å²) in [5, 5.41) is 4.18. The summed E-state index contributed by atoms with van der Waals surface area (Å²) in [4.78, 5) is 24.7. The molecule has 9 nitrogen and oxygen atoms in total. The third-order valence-electron chi connectivity index (χ3n) is 3.96. The Labute approximate surface area is 146 Å². The molecule has 0 aliphatic carbocycles. The Hall–Kier alpha value is -2.20. The average molecular weight is 370 g/mol. The van der Waals surface area contributed by atoms with Gasteiger partial charge in [0.05, 0.1) is 12.8 Å². The van der Waals surface area contributed by atoms with Crippen molar-refractivity contribution in [1.29, 1.82) is 0 Å². The number of sulfonamides is 1. The van der Waals surface area contributed by atoms with Gasteiger partial charge in [0.2, 0.25) is 15.9 Å². The van der Waals surface area contributed by atoms with Gasteiger partial charge in [-0.3, -0.25) is 9.48 Å². The van der Waals surface area contributed by atoms with E-state index in [9.17, 15) is 18.0 Å². The smallest absolute Gasteiger partial charge is 0.330 e. The fourth-order valence-corrected chi connectivity index (χ4v) is 4.11. The molecule has 0 saturated carbocycles. The Morgan fingerprint density at radius 1 is 1.24 bits per heavy atom. The van der Waals surface area contributed by atoms with Crippen LogP contribution in [0.15, 0.2) is 23.2 Å². The van der Waals surface area contributed by atoms with Crippen LogP contribution in [-0.2, 0) is 30.9 Å². The third-order valence-corrected chi connectivity index (χ3v) is 5.96. The number of amides is 1. The maximum atomic E-state index is 12.8. The van der Waals surface area contributed by atoms with Crippen LogP contribution in [0.25, 0.3) is 0 Å². The van der Waals surface area contributed by atoms with Gasteiger partial charge >= 0.3 is 5.97 Å². The SMILES string of the molecule is CCn1cc(S(=O)(=O)N2CCN(C(=O)/C=C/C(=O)OC)CC2)c(C)n1. The predicted molar refractivity (Wildman–Crippen MR) is 89.1 cm³/mol. The topological polar surface area (TPSA) is 102 Å². The fraction of sp³-hybridized carbons (Fsp3) is 0.533. The molecule has 1 amide bonds. The van der Waals surface area contributed by atoms with Gasteiger partial charge in [0.1, 0.15) is 4.90 Å². The minimum Gasteiger partial charge on any atom is -0.466 e. The molecular formula is C15H22N4O5S. The fourth-order valence-electron chi connectivity index (χ4n) is 2.52. The summed E-state index contributed by atoms with van der Waals surface area (Å²) < 4.78 is 32.9. The van der Waals surface area contributed by atoms with Crippen LogP contribution in [0.1, 0.15) is 12.6 Å². The van der Waals surface area contributed by atoms with E-state index < -0.39 is 16.0 Å².